The Kier molecular flexibility index (Phi) is 5.21. The van der Waals surface area contributed by atoms with Crippen LogP contribution in [0.1, 0.15) is 5.56 Å². The van der Waals surface area contributed by atoms with E-state index < -0.39 is 10.0 Å². The Morgan fingerprint density at radius 2 is 2.19 bits per heavy atom. The summed E-state index contributed by atoms with van der Waals surface area (Å²) in [4.78, 5) is 3.91. The molecule has 1 aromatic carbocycles. The van der Waals surface area contributed by atoms with Crippen LogP contribution in [0.2, 0.25) is 5.02 Å². The van der Waals surface area contributed by atoms with Gasteiger partial charge in [0.1, 0.15) is 4.90 Å². The van der Waals surface area contributed by atoms with Crippen molar-refractivity contribution in [3.8, 4) is 5.75 Å². The second kappa shape index (κ2) is 6.74. The van der Waals surface area contributed by atoms with Crippen LogP contribution in [0.4, 0.5) is 0 Å². The third-order valence-corrected chi connectivity index (χ3v) is 4.87. The van der Waals surface area contributed by atoms with Crippen LogP contribution in [-0.4, -0.2) is 20.5 Å². The predicted molar refractivity (Wildman–Crippen MR) is 84.0 cm³/mol. The normalized spacial score (nSPS) is 11.4. The molecule has 21 heavy (non-hydrogen) atoms. The fourth-order valence-corrected chi connectivity index (χ4v) is 4.09. The Morgan fingerprint density at radius 3 is 2.81 bits per heavy atom. The van der Waals surface area contributed by atoms with Crippen molar-refractivity contribution in [3.63, 3.8) is 0 Å². The monoisotopic (exact) mass is 390 g/mol. The Balaban J connectivity index is 2.32. The minimum absolute atomic E-state index is 0.0201. The highest BCUT2D eigenvalue weighted by Crippen LogP contribution is 2.35. The van der Waals surface area contributed by atoms with Crippen LogP contribution >= 0.6 is 27.5 Å². The molecule has 0 atom stereocenters. The van der Waals surface area contributed by atoms with E-state index in [-0.39, 0.29) is 17.2 Å². The molecule has 0 aliphatic heterocycles. The summed E-state index contributed by atoms with van der Waals surface area (Å²) in [7, 11) is -2.37. The van der Waals surface area contributed by atoms with Gasteiger partial charge in [-0.2, -0.15) is 0 Å². The van der Waals surface area contributed by atoms with E-state index in [9.17, 15) is 8.42 Å². The van der Waals surface area contributed by atoms with E-state index in [0.717, 1.165) is 5.56 Å². The van der Waals surface area contributed by atoms with Crippen LogP contribution in [0.5, 0.6) is 5.75 Å². The van der Waals surface area contributed by atoms with Gasteiger partial charge < -0.3 is 4.74 Å². The van der Waals surface area contributed by atoms with E-state index >= 15 is 0 Å². The fraction of sp³-hybridized carbons (Fsp3) is 0.154. The maximum atomic E-state index is 12.4. The second-order valence-electron chi connectivity index (χ2n) is 4.10. The van der Waals surface area contributed by atoms with Crippen molar-refractivity contribution < 1.29 is 13.2 Å². The maximum Gasteiger partial charge on any atom is 0.244 e. The molecule has 0 fully saturated rings. The van der Waals surface area contributed by atoms with Gasteiger partial charge in [-0.25, -0.2) is 13.1 Å². The first kappa shape index (κ1) is 16.2. The molecule has 0 radical (unpaired) electrons. The van der Waals surface area contributed by atoms with Gasteiger partial charge >= 0.3 is 0 Å². The molecule has 1 heterocycles. The number of nitrogens with zero attached hydrogens (tertiary/aromatic N) is 1. The SMILES string of the molecule is COc1c(Br)cc(Cl)cc1S(=O)(=O)NCc1cccnc1. The lowest BCUT2D eigenvalue weighted by molar-refractivity contribution is 0.399. The third kappa shape index (κ3) is 3.94. The minimum atomic E-state index is -3.76. The molecule has 2 aromatic rings. The summed E-state index contributed by atoms with van der Waals surface area (Å²) in [5.74, 6) is 0.207. The lowest BCUT2D eigenvalue weighted by Crippen LogP contribution is -2.24. The quantitative estimate of drug-likeness (QED) is 0.851. The Bertz CT molecular complexity index is 739. The fourth-order valence-electron chi connectivity index (χ4n) is 1.69. The first-order valence-corrected chi connectivity index (χ1v) is 8.51. The highest BCUT2D eigenvalue weighted by molar-refractivity contribution is 9.10. The number of benzene rings is 1. The molecular formula is C13H12BrClN2O3S. The molecule has 112 valence electrons. The van der Waals surface area contributed by atoms with Gasteiger partial charge in [0.2, 0.25) is 10.0 Å². The van der Waals surface area contributed by atoms with E-state index in [4.69, 9.17) is 16.3 Å². The standard InChI is InChI=1S/C13H12BrClN2O3S/c1-20-13-11(14)5-10(15)6-12(13)21(18,19)17-8-9-3-2-4-16-7-9/h2-7,17H,8H2,1H3. The van der Waals surface area contributed by atoms with E-state index in [2.05, 4.69) is 25.6 Å². The summed E-state index contributed by atoms with van der Waals surface area (Å²) in [5.41, 5.74) is 0.751. The molecule has 0 bridgehead atoms. The van der Waals surface area contributed by atoms with Crippen LogP contribution < -0.4 is 9.46 Å². The zero-order valence-corrected chi connectivity index (χ0v) is 14.2. The van der Waals surface area contributed by atoms with E-state index in [1.165, 1.54) is 13.2 Å². The molecule has 1 N–H and O–H groups in total. The summed E-state index contributed by atoms with van der Waals surface area (Å²) < 4.78 is 32.9. The molecule has 0 amide bonds. The molecule has 2 rings (SSSR count). The van der Waals surface area contributed by atoms with Crippen molar-refractivity contribution in [3.05, 3.63) is 51.7 Å². The molecule has 1 aromatic heterocycles. The smallest absolute Gasteiger partial charge is 0.244 e. The number of sulfonamides is 1. The number of hydrogen-bond donors (Lipinski definition) is 1. The Morgan fingerprint density at radius 1 is 1.43 bits per heavy atom. The zero-order valence-electron chi connectivity index (χ0n) is 11.0. The zero-order chi connectivity index (χ0) is 15.5. The average Bonchev–Trinajstić information content (AvgIpc) is 2.46. The number of methoxy groups -OCH3 is 1. The lowest BCUT2D eigenvalue weighted by Gasteiger charge is -2.12. The van der Waals surface area contributed by atoms with Gasteiger partial charge in [0, 0.05) is 24.0 Å². The molecule has 0 saturated heterocycles. The van der Waals surface area contributed by atoms with Crippen LogP contribution in [-0.2, 0) is 16.6 Å². The Labute approximate surface area is 136 Å². The number of rotatable bonds is 5. The highest BCUT2D eigenvalue weighted by Gasteiger charge is 2.22. The number of hydrogen-bond acceptors (Lipinski definition) is 4. The van der Waals surface area contributed by atoms with Gasteiger partial charge in [0.15, 0.2) is 5.75 Å². The van der Waals surface area contributed by atoms with Crippen molar-refractivity contribution in [1.82, 2.24) is 9.71 Å². The van der Waals surface area contributed by atoms with Gasteiger partial charge in [0.05, 0.1) is 11.6 Å². The van der Waals surface area contributed by atoms with Crippen LogP contribution in [0.25, 0.3) is 0 Å². The molecule has 0 unspecified atom stereocenters. The summed E-state index contributed by atoms with van der Waals surface area (Å²) in [6.45, 7) is 0.128. The Hall–Kier alpha value is -1.15. The summed E-state index contributed by atoms with van der Waals surface area (Å²) in [6.07, 6.45) is 3.21. The molecule has 8 heteroatoms. The second-order valence-corrected chi connectivity index (χ2v) is 7.13. The van der Waals surface area contributed by atoms with E-state index in [0.29, 0.717) is 9.50 Å². The molecule has 5 nitrogen and oxygen atoms in total. The van der Waals surface area contributed by atoms with Crippen molar-refractivity contribution in [2.24, 2.45) is 0 Å². The van der Waals surface area contributed by atoms with Crippen LogP contribution in [0, 0.1) is 0 Å². The average molecular weight is 392 g/mol. The number of halogens is 2. The third-order valence-electron chi connectivity index (χ3n) is 2.66. The summed E-state index contributed by atoms with van der Waals surface area (Å²) in [5, 5.41) is 0.296. The minimum Gasteiger partial charge on any atom is -0.494 e. The number of aromatic nitrogens is 1. The van der Waals surface area contributed by atoms with Gasteiger partial charge in [0.25, 0.3) is 0 Å². The van der Waals surface area contributed by atoms with Gasteiger partial charge in [-0.15, -0.1) is 0 Å². The predicted octanol–water partition coefficient (Wildman–Crippen LogP) is 2.98. The van der Waals surface area contributed by atoms with Gasteiger partial charge in [-0.1, -0.05) is 17.7 Å². The number of pyridine rings is 1. The molecule has 0 saturated carbocycles. The molecule has 0 aliphatic carbocycles. The largest absolute Gasteiger partial charge is 0.494 e. The van der Waals surface area contributed by atoms with E-state index in [1.807, 2.05) is 0 Å². The maximum absolute atomic E-state index is 12.4. The number of ether oxygens (including phenoxy) is 1. The van der Waals surface area contributed by atoms with E-state index in [1.54, 1.807) is 30.6 Å². The first-order valence-electron chi connectivity index (χ1n) is 5.85. The lowest BCUT2D eigenvalue weighted by atomic mass is 10.3. The molecular weight excluding hydrogens is 380 g/mol. The van der Waals surface area contributed by atoms with Gasteiger partial charge in [-0.05, 0) is 39.7 Å². The van der Waals surface area contributed by atoms with Crippen LogP contribution in [0.15, 0.2) is 46.0 Å². The van der Waals surface area contributed by atoms with Crippen LogP contribution in [0.3, 0.4) is 0 Å². The summed E-state index contributed by atoms with van der Waals surface area (Å²) in [6, 6.07) is 6.43. The topological polar surface area (TPSA) is 68.3 Å². The van der Waals surface area contributed by atoms with Crippen molar-refractivity contribution >= 4 is 37.6 Å². The first-order chi connectivity index (χ1) is 9.94. The number of nitrogens with one attached hydrogen (secondary N) is 1. The molecule has 0 spiro atoms. The van der Waals surface area contributed by atoms with Crippen molar-refractivity contribution in [2.75, 3.05) is 7.11 Å². The van der Waals surface area contributed by atoms with Gasteiger partial charge in [-0.3, -0.25) is 4.98 Å². The highest BCUT2D eigenvalue weighted by atomic mass is 79.9. The van der Waals surface area contributed by atoms with Crippen molar-refractivity contribution in [1.29, 1.82) is 0 Å². The molecule has 0 aliphatic rings. The van der Waals surface area contributed by atoms with Crippen molar-refractivity contribution in [2.45, 2.75) is 11.4 Å². The summed E-state index contributed by atoms with van der Waals surface area (Å²) >= 11 is 9.15.